The van der Waals surface area contributed by atoms with Crippen molar-refractivity contribution in [2.45, 2.75) is 83.0 Å². The Hall–Kier alpha value is -0.0800. The molecule has 0 aromatic heterocycles. The van der Waals surface area contributed by atoms with Gasteiger partial charge >= 0.3 is 0 Å². The molecule has 2 saturated heterocycles. The molecule has 2 heteroatoms. The van der Waals surface area contributed by atoms with Crippen molar-refractivity contribution in [2.24, 2.45) is 0 Å². The molecule has 1 unspecified atom stereocenters. The minimum Gasteiger partial charge on any atom is -0.390 e. The lowest BCUT2D eigenvalue weighted by molar-refractivity contribution is -0.0796. The summed E-state index contributed by atoms with van der Waals surface area (Å²) in [5, 5.41) is 10.4. The zero-order valence-corrected chi connectivity index (χ0v) is 10.6. The van der Waals surface area contributed by atoms with Crippen LogP contribution in [0.25, 0.3) is 0 Å². The van der Waals surface area contributed by atoms with Crippen molar-refractivity contribution in [2.75, 3.05) is 0 Å². The Bertz CT molecular complexity index is 229. The van der Waals surface area contributed by atoms with Crippen molar-refractivity contribution in [3.63, 3.8) is 0 Å². The quantitative estimate of drug-likeness (QED) is 0.720. The Balaban J connectivity index is 2.17. The van der Waals surface area contributed by atoms with Gasteiger partial charge in [-0.1, -0.05) is 6.92 Å². The zero-order chi connectivity index (χ0) is 11.3. The molecule has 0 spiro atoms. The highest BCUT2D eigenvalue weighted by Gasteiger charge is 2.49. The zero-order valence-electron chi connectivity index (χ0n) is 10.6. The molecule has 0 radical (unpaired) electrons. The minimum atomic E-state index is -0.367. The van der Waals surface area contributed by atoms with Crippen LogP contribution in [-0.2, 0) is 0 Å². The molecule has 2 rings (SSSR count). The summed E-state index contributed by atoms with van der Waals surface area (Å²) in [6, 6.07) is 1.24. The minimum absolute atomic E-state index is 0.265. The number of rotatable bonds is 1. The van der Waals surface area contributed by atoms with Gasteiger partial charge in [0.05, 0.1) is 5.60 Å². The summed E-state index contributed by atoms with van der Waals surface area (Å²) < 4.78 is 0. The van der Waals surface area contributed by atoms with Crippen molar-refractivity contribution >= 4 is 0 Å². The largest absolute Gasteiger partial charge is 0.390 e. The highest BCUT2D eigenvalue weighted by molar-refractivity contribution is 5.04. The van der Waals surface area contributed by atoms with Gasteiger partial charge in [-0.2, -0.15) is 0 Å². The van der Waals surface area contributed by atoms with Crippen LogP contribution in [0, 0.1) is 0 Å². The third-order valence-electron chi connectivity index (χ3n) is 4.28. The predicted molar refractivity (Wildman–Crippen MR) is 62.9 cm³/mol. The van der Waals surface area contributed by atoms with E-state index in [0.29, 0.717) is 12.1 Å². The van der Waals surface area contributed by atoms with Gasteiger partial charge in [0.15, 0.2) is 0 Å². The van der Waals surface area contributed by atoms with E-state index in [0.717, 1.165) is 19.3 Å². The Morgan fingerprint density at radius 1 is 1.20 bits per heavy atom. The number of hydrogen-bond donors (Lipinski definition) is 1. The van der Waals surface area contributed by atoms with Gasteiger partial charge in [0.25, 0.3) is 0 Å². The monoisotopic (exact) mass is 211 g/mol. The predicted octanol–water partition coefficient (Wildman–Crippen LogP) is 2.55. The van der Waals surface area contributed by atoms with Crippen molar-refractivity contribution in [3.05, 3.63) is 0 Å². The molecule has 0 aromatic carbocycles. The maximum Gasteiger partial charge on any atom is 0.0675 e. The maximum absolute atomic E-state index is 10.4. The fourth-order valence-corrected chi connectivity index (χ4v) is 3.71. The smallest absolute Gasteiger partial charge is 0.0675 e. The van der Waals surface area contributed by atoms with Crippen LogP contribution in [0.5, 0.6) is 0 Å². The summed E-state index contributed by atoms with van der Waals surface area (Å²) in [5.74, 6) is 0. The first-order valence-corrected chi connectivity index (χ1v) is 6.36. The van der Waals surface area contributed by atoms with E-state index in [2.05, 4.69) is 32.6 Å². The van der Waals surface area contributed by atoms with E-state index in [1.165, 1.54) is 12.8 Å². The molecule has 0 aliphatic carbocycles. The fraction of sp³-hybridized carbons (Fsp3) is 1.00. The standard InChI is InChI=1S/C13H25NO/c1-5-13(15)8-10-6-7-11(9-13)14(10)12(2,3)4/h10-11,15H,5-9H2,1-4H3/t10-,11?,13+/m1/s1. The summed E-state index contributed by atoms with van der Waals surface area (Å²) in [4.78, 5) is 2.65. The number of aliphatic hydroxyl groups is 1. The number of piperidine rings is 1. The summed E-state index contributed by atoms with van der Waals surface area (Å²) in [6.07, 6.45) is 5.45. The van der Waals surface area contributed by atoms with Gasteiger partial charge in [-0.05, 0) is 52.9 Å². The van der Waals surface area contributed by atoms with Crippen LogP contribution in [0.1, 0.15) is 59.8 Å². The van der Waals surface area contributed by atoms with Gasteiger partial charge in [-0.3, -0.25) is 4.90 Å². The molecule has 0 amide bonds. The van der Waals surface area contributed by atoms with Crippen molar-refractivity contribution in [3.8, 4) is 0 Å². The first kappa shape index (κ1) is 11.4. The topological polar surface area (TPSA) is 23.5 Å². The van der Waals surface area contributed by atoms with Crippen LogP contribution < -0.4 is 0 Å². The SMILES string of the molecule is CC[C@@]1(O)CC2CC[C@H](C1)N2C(C)(C)C. The molecule has 2 bridgehead atoms. The number of fused-ring (bicyclic) bond motifs is 2. The van der Waals surface area contributed by atoms with Crippen LogP contribution in [-0.4, -0.2) is 33.2 Å². The second-order valence-corrected chi connectivity index (χ2v) is 6.45. The van der Waals surface area contributed by atoms with Gasteiger partial charge in [-0.15, -0.1) is 0 Å². The molecule has 88 valence electrons. The van der Waals surface area contributed by atoms with Crippen LogP contribution in [0.3, 0.4) is 0 Å². The second kappa shape index (κ2) is 3.46. The van der Waals surface area contributed by atoms with Gasteiger partial charge in [0.2, 0.25) is 0 Å². The molecule has 2 fully saturated rings. The van der Waals surface area contributed by atoms with Gasteiger partial charge in [0, 0.05) is 17.6 Å². The molecule has 2 heterocycles. The molecule has 2 aliphatic rings. The molecule has 0 saturated carbocycles. The lowest BCUT2D eigenvalue weighted by atomic mass is 9.82. The summed E-state index contributed by atoms with van der Waals surface area (Å²) in [6.45, 7) is 9.02. The van der Waals surface area contributed by atoms with Crippen molar-refractivity contribution in [1.82, 2.24) is 4.90 Å². The van der Waals surface area contributed by atoms with E-state index in [4.69, 9.17) is 0 Å². The Morgan fingerprint density at radius 2 is 1.67 bits per heavy atom. The van der Waals surface area contributed by atoms with Crippen LogP contribution >= 0.6 is 0 Å². The van der Waals surface area contributed by atoms with Gasteiger partial charge in [0.1, 0.15) is 0 Å². The Labute approximate surface area is 93.7 Å². The number of hydrogen-bond acceptors (Lipinski definition) is 2. The molecular weight excluding hydrogens is 186 g/mol. The van der Waals surface area contributed by atoms with Crippen LogP contribution in [0.2, 0.25) is 0 Å². The van der Waals surface area contributed by atoms with E-state index < -0.39 is 0 Å². The van der Waals surface area contributed by atoms with Crippen molar-refractivity contribution in [1.29, 1.82) is 0 Å². The molecule has 15 heavy (non-hydrogen) atoms. The fourth-order valence-electron chi connectivity index (χ4n) is 3.71. The maximum atomic E-state index is 10.4. The van der Waals surface area contributed by atoms with E-state index in [-0.39, 0.29) is 11.1 Å². The Morgan fingerprint density at radius 3 is 2.00 bits per heavy atom. The Kier molecular flexibility index (Phi) is 2.63. The van der Waals surface area contributed by atoms with Crippen LogP contribution in [0.4, 0.5) is 0 Å². The van der Waals surface area contributed by atoms with Gasteiger partial charge in [-0.25, -0.2) is 0 Å². The average molecular weight is 211 g/mol. The highest BCUT2D eigenvalue weighted by atomic mass is 16.3. The third kappa shape index (κ3) is 1.94. The van der Waals surface area contributed by atoms with E-state index in [1.54, 1.807) is 0 Å². The second-order valence-electron chi connectivity index (χ2n) is 6.45. The lowest BCUT2D eigenvalue weighted by Crippen LogP contribution is -2.57. The normalized spacial score (nSPS) is 42.2. The summed E-state index contributed by atoms with van der Waals surface area (Å²) in [5.41, 5.74) is -0.103. The molecule has 1 N–H and O–H groups in total. The third-order valence-corrected chi connectivity index (χ3v) is 4.28. The number of nitrogens with zero attached hydrogens (tertiary/aromatic N) is 1. The molecule has 2 nitrogen and oxygen atoms in total. The van der Waals surface area contributed by atoms with E-state index in [1.807, 2.05) is 0 Å². The van der Waals surface area contributed by atoms with Crippen molar-refractivity contribution < 1.29 is 5.11 Å². The lowest BCUT2D eigenvalue weighted by Gasteiger charge is -2.49. The van der Waals surface area contributed by atoms with E-state index >= 15 is 0 Å². The molecular formula is C13H25NO. The summed E-state index contributed by atoms with van der Waals surface area (Å²) >= 11 is 0. The average Bonchev–Trinajstić information content (AvgIpc) is 2.40. The first-order valence-electron chi connectivity index (χ1n) is 6.36. The van der Waals surface area contributed by atoms with Gasteiger partial charge < -0.3 is 5.11 Å². The summed E-state index contributed by atoms with van der Waals surface area (Å²) in [7, 11) is 0. The molecule has 2 aliphatic heterocycles. The van der Waals surface area contributed by atoms with E-state index in [9.17, 15) is 5.11 Å². The molecule has 3 atom stereocenters. The molecule has 0 aromatic rings. The van der Waals surface area contributed by atoms with Crippen LogP contribution in [0.15, 0.2) is 0 Å². The first-order chi connectivity index (χ1) is 6.86. The highest BCUT2D eigenvalue weighted by Crippen LogP contribution is 2.45.